The minimum absolute atomic E-state index is 0.364. The molecule has 0 bridgehead atoms. The number of hydrogen-bond donors (Lipinski definition) is 2. The maximum Gasteiger partial charge on any atom is 0.163 e. The second-order valence-corrected chi connectivity index (χ2v) is 3.41. The van der Waals surface area contributed by atoms with Gasteiger partial charge in [-0.3, -0.25) is 0 Å². The third-order valence-electron chi connectivity index (χ3n) is 1.80. The molecule has 0 heterocycles. The van der Waals surface area contributed by atoms with Gasteiger partial charge in [0, 0.05) is 6.54 Å². The van der Waals surface area contributed by atoms with E-state index in [1.54, 1.807) is 0 Å². The number of hydrogen-bond acceptors (Lipinski definition) is 1. The Morgan fingerprint density at radius 3 is 2.75 bits per heavy atom. The van der Waals surface area contributed by atoms with Crippen LogP contribution in [0.15, 0.2) is 12.2 Å². The Kier molecular flexibility index (Phi) is 6.76. The lowest BCUT2D eigenvalue weighted by Gasteiger charge is -2.02. The summed E-state index contributed by atoms with van der Waals surface area (Å²) in [6, 6.07) is 0. The van der Waals surface area contributed by atoms with Crippen LogP contribution >= 0.6 is 12.2 Å². The molecule has 0 aromatic carbocycles. The fourth-order valence-corrected chi connectivity index (χ4v) is 0.821. The Morgan fingerprint density at radius 1 is 1.58 bits per heavy atom. The van der Waals surface area contributed by atoms with Gasteiger partial charge in [0.15, 0.2) is 5.11 Å². The van der Waals surface area contributed by atoms with E-state index < -0.39 is 0 Å². The first-order chi connectivity index (χ1) is 5.66. The minimum Gasteiger partial charge on any atom is -0.376 e. The molecule has 12 heavy (non-hydrogen) atoms. The van der Waals surface area contributed by atoms with Crippen LogP contribution in [0.1, 0.15) is 26.7 Å². The van der Waals surface area contributed by atoms with Gasteiger partial charge in [0.1, 0.15) is 0 Å². The van der Waals surface area contributed by atoms with Gasteiger partial charge in [0.2, 0.25) is 0 Å². The van der Waals surface area contributed by atoms with Gasteiger partial charge in [-0.15, -0.1) is 0 Å². The highest BCUT2D eigenvalue weighted by Crippen LogP contribution is 2.05. The van der Waals surface area contributed by atoms with E-state index in [-0.39, 0.29) is 0 Å². The second-order valence-electron chi connectivity index (χ2n) is 2.97. The highest BCUT2D eigenvalue weighted by molar-refractivity contribution is 7.80. The Labute approximate surface area is 80.2 Å². The average Bonchev–Trinajstić information content (AvgIpc) is 2.03. The van der Waals surface area contributed by atoms with Gasteiger partial charge in [0.05, 0.1) is 0 Å². The van der Waals surface area contributed by atoms with Crippen molar-refractivity contribution in [1.82, 2.24) is 5.32 Å². The SMILES string of the molecule is CCC(C)CC=CCNC(N)=S. The van der Waals surface area contributed by atoms with Crippen molar-refractivity contribution in [2.45, 2.75) is 26.7 Å². The van der Waals surface area contributed by atoms with Gasteiger partial charge >= 0.3 is 0 Å². The van der Waals surface area contributed by atoms with Gasteiger partial charge < -0.3 is 11.1 Å². The number of nitrogens with two attached hydrogens (primary N) is 1. The van der Waals surface area contributed by atoms with Crippen molar-refractivity contribution in [3.63, 3.8) is 0 Å². The fourth-order valence-electron chi connectivity index (χ4n) is 0.738. The molecule has 2 nitrogen and oxygen atoms in total. The molecule has 0 radical (unpaired) electrons. The highest BCUT2D eigenvalue weighted by Gasteiger charge is 1.92. The molecule has 0 rings (SSSR count). The molecular formula is C9H18N2S. The van der Waals surface area contributed by atoms with E-state index >= 15 is 0 Å². The topological polar surface area (TPSA) is 38.0 Å². The standard InChI is InChI=1S/C9H18N2S/c1-3-8(2)6-4-5-7-11-9(10)12/h4-5,8H,3,6-7H2,1-2H3,(H3,10,11,12). The summed E-state index contributed by atoms with van der Waals surface area (Å²) in [4.78, 5) is 0. The summed E-state index contributed by atoms with van der Waals surface area (Å²) in [6.45, 7) is 5.18. The van der Waals surface area contributed by atoms with Crippen molar-refractivity contribution in [2.24, 2.45) is 11.7 Å². The monoisotopic (exact) mass is 186 g/mol. The Morgan fingerprint density at radius 2 is 2.25 bits per heavy atom. The predicted molar refractivity (Wildman–Crippen MR) is 58.0 cm³/mol. The third kappa shape index (κ3) is 7.54. The van der Waals surface area contributed by atoms with Crippen LogP contribution in [0.25, 0.3) is 0 Å². The highest BCUT2D eigenvalue weighted by atomic mass is 32.1. The van der Waals surface area contributed by atoms with Crippen LogP contribution in [0.3, 0.4) is 0 Å². The first-order valence-corrected chi connectivity index (χ1v) is 4.76. The van der Waals surface area contributed by atoms with Crippen LogP contribution in [-0.2, 0) is 0 Å². The summed E-state index contributed by atoms with van der Waals surface area (Å²) in [5, 5.41) is 3.22. The molecule has 0 saturated carbocycles. The Bertz CT molecular complexity index is 155. The molecule has 0 aliphatic carbocycles. The number of thiocarbonyl (C=S) groups is 1. The molecule has 70 valence electrons. The minimum atomic E-state index is 0.364. The summed E-state index contributed by atoms with van der Waals surface area (Å²) in [5.41, 5.74) is 5.25. The van der Waals surface area contributed by atoms with Crippen LogP contribution in [0.5, 0.6) is 0 Å². The maximum absolute atomic E-state index is 5.25. The smallest absolute Gasteiger partial charge is 0.163 e. The molecule has 1 atom stereocenters. The molecule has 1 unspecified atom stereocenters. The molecule has 0 aliphatic rings. The molecular weight excluding hydrogens is 168 g/mol. The summed E-state index contributed by atoms with van der Waals surface area (Å²) in [6.07, 6.45) is 6.59. The normalized spacial score (nSPS) is 13.2. The van der Waals surface area contributed by atoms with E-state index in [0.717, 1.165) is 18.9 Å². The van der Waals surface area contributed by atoms with E-state index in [1.165, 1.54) is 6.42 Å². The van der Waals surface area contributed by atoms with Gasteiger partial charge in [-0.05, 0) is 24.6 Å². The van der Waals surface area contributed by atoms with Gasteiger partial charge in [-0.1, -0.05) is 32.4 Å². The average molecular weight is 186 g/mol. The molecule has 0 saturated heterocycles. The van der Waals surface area contributed by atoms with Crippen LogP contribution in [0.4, 0.5) is 0 Å². The molecule has 0 aromatic rings. The first kappa shape index (κ1) is 11.4. The van der Waals surface area contributed by atoms with Crippen molar-refractivity contribution in [3.05, 3.63) is 12.2 Å². The molecule has 0 aromatic heterocycles. The van der Waals surface area contributed by atoms with Crippen LogP contribution in [0.2, 0.25) is 0 Å². The van der Waals surface area contributed by atoms with Gasteiger partial charge in [0.25, 0.3) is 0 Å². The van der Waals surface area contributed by atoms with E-state index in [4.69, 9.17) is 5.73 Å². The molecule has 0 aliphatic heterocycles. The largest absolute Gasteiger partial charge is 0.376 e. The molecule has 3 N–H and O–H groups in total. The maximum atomic E-state index is 5.25. The molecule has 0 fully saturated rings. The third-order valence-corrected chi connectivity index (χ3v) is 1.94. The zero-order valence-electron chi connectivity index (χ0n) is 7.84. The van der Waals surface area contributed by atoms with E-state index in [9.17, 15) is 0 Å². The van der Waals surface area contributed by atoms with Crippen LogP contribution < -0.4 is 11.1 Å². The van der Waals surface area contributed by atoms with Crippen LogP contribution in [0, 0.1) is 5.92 Å². The van der Waals surface area contributed by atoms with Gasteiger partial charge in [-0.25, -0.2) is 0 Å². The van der Waals surface area contributed by atoms with E-state index in [2.05, 4.69) is 43.5 Å². The Balaban J connectivity index is 3.31. The van der Waals surface area contributed by atoms with E-state index in [0.29, 0.717) is 5.11 Å². The van der Waals surface area contributed by atoms with Crippen molar-refractivity contribution < 1.29 is 0 Å². The zero-order valence-corrected chi connectivity index (χ0v) is 8.66. The zero-order chi connectivity index (χ0) is 9.40. The second kappa shape index (κ2) is 7.10. The first-order valence-electron chi connectivity index (χ1n) is 4.35. The van der Waals surface area contributed by atoms with Crippen molar-refractivity contribution in [2.75, 3.05) is 6.54 Å². The number of allylic oxidation sites excluding steroid dienone is 1. The summed E-state index contributed by atoms with van der Waals surface area (Å²) in [5.74, 6) is 0.770. The predicted octanol–water partition coefficient (Wildman–Crippen LogP) is 1.81. The van der Waals surface area contributed by atoms with Crippen molar-refractivity contribution in [1.29, 1.82) is 0 Å². The number of rotatable bonds is 5. The molecule has 0 amide bonds. The van der Waals surface area contributed by atoms with Gasteiger partial charge in [-0.2, -0.15) is 0 Å². The van der Waals surface area contributed by atoms with E-state index in [1.807, 2.05) is 0 Å². The summed E-state index contributed by atoms with van der Waals surface area (Å²) < 4.78 is 0. The Hall–Kier alpha value is -0.570. The van der Waals surface area contributed by atoms with Crippen molar-refractivity contribution >= 4 is 17.3 Å². The lowest BCUT2D eigenvalue weighted by Crippen LogP contribution is -2.28. The molecule has 3 heteroatoms. The van der Waals surface area contributed by atoms with Crippen molar-refractivity contribution in [3.8, 4) is 0 Å². The summed E-state index contributed by atoms with van der Waals surface area (Å²) in [7, 11) is 0. The van der Waals surface area contributed by atoms with Crippen LogP contribution in [-0.4, -0.2) is 11.7 Å². The lowest BCUT2D eigenvalue weighted by atomic mass is 10.1. The fraction of sp³-hybridized carbons (Fsp3) is 0.667. The summed E-state index contributed by atoms with van der Waals surface area (Å²) >= 11 is 4.65. The number of nitrogens with one attached hydrogen (secondary N) is 1. The lowest BCUT2D eigenvalue weighted by molar-refractivity contribution is 0.571. The molecule has 0 spiro atoms. The quantitative estimate of drug-likeness (QED) is 0.508.